The molecule has 2 rings (SSSR count). The molecule has 0 unspecified atom stereocenters. The van der Waals surface area contributed by atoms with Crippen molar-refractivity contribution in [3.8, 4) is 0 Å². The van der Waals surface area contributed by atoms with E-state index in [9.17, 15) is 9.59 Å². The number of hydrogen-bond donors (Lipinski definition) is 2. The summed E-state index contributed by atoms with van der Waals surface area (Å²) in [5.74, 6) is 0.135. The van der Waals surface area contributed by atoms with Crippen LogP contribution in [0.25, 0.3) is 0 Å². The third kappa shape index (κ3) is 6.11. The summed E-state index contributed by atoms with van der Waals surface area (Å²) in [6.45, 7) is 5.93. The average molecular weight is 377 g/mol. The van der Waals surface area contributed by atoms with Gasteiger partial charge < -0.3 is 10.6 Å². The molecule has 2 N–H and O–H groups in total. The molecule has 2 amide bonds. The predicted octanol–water partition coefficient (Wildman–Crippen LogP) is 4.58. The van der Waals surface area contributed by atoms with Crippen molar-refractivity contribution >= 4 is 46.6 Å². The molecule has 6 heteroatoms. The van der Waals surface area contributed by atoms with E-state index in [0.29, 0.717) is 10.7 Å². The van der Waals surface area contributed by atoms with E-state index in [-0.39, 0.29) is 23.3 Å². The fraction of sp³-hybridized carbons (Fsp3) is 0.263. The molecular formula is C19H21ClN2O2S. The van der Waals surface area contributed by atoms with Gasteiger partial charge in [0.2, 0.25) is 11.8 Å². The van der Waals surface area contributed by atoms with Gasteiger partial charge in [-0.1, -0.05) is 23.7 Å². The van der Waals surface area contributed by atoms with Gasteiger partial charge in [-0.15, -0.1) is 11.8 Å². The Hall–Kier alpha value is -1.98. The summed E-state index contributed by atoms with van der Waals surface area (Å²) in [6, 6.07) is 11.1. The Morgan fingerprint density at radius 1 is 0.880 bits per heavy atom. The van der Waals surface area contributed by atoms with Crippen LogP contribution >= 0.6 is 23.4 Å². The second kappa shape index (κ2) is 8.92. The molecule has 2 aromatic rings. The number of hydrogen-bond acceptors (Lipinski definition) is 3. The first kappa shape index (κ1) is 19.3. The van der Waals surface area contributed by atoms with Crippen molar-refractivity contribution < 1.29 is 9.59 Å². The first-order valence-corrected chi connectivity index (χ1v) is 9.39. The lowest BCUT2D eigenvalue weighted by atomic mass is 10.1. The largest absolute Gasteiger partial charge is 0.325 e. The SMILES string of the molecule is Cc1ccc(NC(=O)CSCC(=O)Nc2cc(Cl)ccc2C)cc1C. The molecule has 0 bridgehead atoms. The van der Waals surface area contributed by atoms with Crippen LogP contribution in [0, 0.1) is 20.8 Å². The van der Waals surface area contributed by atoms with Crippen LogP contribution in [0.2, 0.25) is 5.02 Å². The molecule has 4 nitrogen and oxygen atoms in total. The highest BCUT2D eigenvalue weighted by atomic mass is 35.5. The van der Waals surface area contributed by atoms with Crippen LogP contribution in [0.4, 0.5) is 11.4 Å². The molecule has 0 saturated heterocycles. The van der Waals surface area contributed by atoms with Crippen LogP contribution in [0.1, 0.15) is 16.7 Å². The number of nitrogens with one attached hydrogen (secondary N) is 2. The van der Waals surface area contributed by atoms with Crippen LogP contribution in [0.5, 0.6) is 0 Å². The quantitative estimate of drug-likeness (QED) is 0.776. The fourth-order valence-electron chi connectivity index (χ4n) is 2.17. The van der Waals surface area contributed by atoms with Gasteiger partial charge in [-0.2, -0.15) is 0 Å². The van der Waals surface area contributed by atoms with Gasteiger partial charge >= 0.3 is 0 Å². The summed E-state index contributed by atoms with van der Waals surface area (Å²) in [5.41, 5.74) is 4.71. The molecule has 0 aliphatic carbocycles. The van der Waals surface area contributed by atoms with Gasteiger partial charge in [0.1, 0.15) is 0 Å². The number of carbonyl (C=O) groups is 2. The Labute approximate surface area is 157 Å². The summed E-state index contributed by atoms with van der Waals surface area (Å²) >= 11 is 7.20. The third-order valence-electron chi connectivity index (χ3n) is 3.73. The molecule has 2 aromatic carbocycles. The van der Waals surface area contributed by atoms with Crippen molar-refractivity contribution in [2.75, 3.05) is 22.1 Å². The minimum atomic E-state index is -0.158. The first-order valence-electron chi connectivity index (χ1n) is 7.86. The predicted molar refractivity (Wildman–Crippen MR) is 107 cm³/mol. The van der Waals surface area contributed by atoms with E-state index >= 15 is 0 Å². The van der Waals surface area contributed by atoms with E-state index in [2.05, 4.69) is 10.6 Å². The lowest BCUT2D eigenvalue weighted by Gasteiger charge is -2.09. The van der Waals surface area contributed by atoms with Gasteiger partial charge in [0.05, 0.1) is 11.5 Å². The van der Waals surface area contributed by atoms with E-state index in [4.69, 9.17) is 11.6 Å². The van der Waals surface area contributed by atoms with Crippen molar-refractivity contribution in [1.82, 2.24) is 0 Å². The van der Waals surface area contributed by atoms with Crippen LogP contribution in [0.3, 0.4) is 0 Å². The molecule has 0 heterocycles. The summed E-state index contributed by atoms with van der Waals surface area (Å²) in [4.78, 5) is 24.0. The fourth-order valence-corrected chi connectivity index (χ4v) is 2.96. The number of aryl methyl sites for hydroxylation is 3. The normalized spacial score (nSPS) is 10.4. The molecule has 0 fully saturated rings. The van der Waals surface area contributed by atoms with Gasteiger partial charge in [0, 0.05) is 16.4 Å². The minimum absolute atomic E-state index is 0.125. The highest BCUT2D eigenvalue weighted by Gasteiger charge is 2.08. The maximum absolute atomic E-state index is 12.0. The van der Waals surface area contributed by atoms with Crippen molar-refractivity contribution in [2.24, 2.45) is 0 Å². The summed E-state index contributed by atoms with van der Waals surface area (Å²) < 4.78 is 0. The molecule has 0 aliphatic rings. The van der Waals surface area contributed by atoms with E-state index < -0.39 is 0 Å². The zero-order valence-corrected chi connectivity index (χ0v) is 16.1. The molecule has 0 saturated carbocycles. The zero-order valence-electron chi connectivity index (χ0n) is 14.5. The van der Waals surface area contributed by atoms with E-state index in [1.807, 2.05) is 45.0 Å². The molecule has 0 radical (unpaired) electrons. The third-order valence-corrected chi connectivity index (χ3v) is 4.90. The zero-order chi connectivity index (χ0) is 18.4. The van der Waals surface area contributed by atoms with Crippen molar-refractivity contribution in [3.05, 3.63) is 58.1 Å². The van der Waals surface area contributed by atoms with Gasteiger partial charge in [-0.3, -0.25) is 9.59 Å². The molecule has 132 valence electrons. The second-order valence-electron chi connectivity index (χ2n) is 5.85. The minimum Gasteiger partial charge on any atom is -0.325 e. The van der Waals surface area contributed by atoms with Crippen LogP contribution in [-0.4, -0.2) is 23.3 Å². The van der Waals surface area contributed by atoms with E-state index in [0.717, 1.165) is 16.8 Å². The smallest absolute Gasteiger partial charge is 0.234 e. The maximum Gasteiger partial charge on any atom is 0.234 e. The lowest BCUT2D eigenvalue weighted by molar-refractivity contribution is -0.114. The average Bonchev–Trinajstić information content (AvgIpc) is 2.54. The monoisotopic (exact) mass is 376 g/mol. The molecule has 0 aromatic heterocycles. The maximum atomic E-state index is 12.0. The Kier molecular flexibility index (Phi) is 6.91. The Morgan fingerprint density at radius 2 is 1.52 bits per heavy atom. The number of benzene rings is 2. The number of amides is 2. The number of thioether (sulfide) groups is 1. The standard InChI is InChI=1S/C19H21ClN2O2S/c1-12-5-7-16(8-14(12)3)21-18(23)10-25-11-19(24)22-17-9-15(20)6-4-13(17)2/h4-9H,10-11H2,1-3H3,(H,21,23)(H,22,24). The number of rotatable bonds is 6. The Morgan fingerprint density at radius 3 is 2.20 bits per heavy atom. The van der Waals surface area contributed by atoms with E-state index in [1.165, 1.54) is 17.3 Å². The summed E-state index contributed by atoms with van der Waals surface area (Å²) in [6.07, 6.45) is 0. The molecule has 0 spiro atoms. The van der Waals surface area contributed by atoms with Crippen LogP contribution in [0.15, 0.2) is 36.4 Å². The van der Waals surface area contributed by atoms with Crippen molar-refractivity contribution in [1.29, 1.82) is 0 Å². The second-order valence-corrected chi connectivity index (χ2v) is 7.27. The van der Waals surface area contributed by atoms with Gasteiger partial charge in [-0.05, 0) is 61.7 Å². The highest BCUT2D eigenvalue weighted by molar-refractivity contribution is 8.00. The number of carbonyl (C=O) groups excluding carboxylic acids is 2. The van der Waals surface area contributed by atoms with Crippen LogP contribution < -0.4 is 10.6 Å². The summed E-state index contributed by atoms with van der Waals surface area (Å²) in [5, 5.41) is 6.22. The Bertz CT molecular complexity index is 793. The molecule has 0 atom stereocenters. The summed E-state index contributed by atoms with van der Waals surface area (Å²) in [7, 11) is 0. The molecular weight excluding hydrogens is 356 g/mol. The number of halogens is 1. The van der Waals surface area contributed by atoms with Gasteiger partial charge in [-0.25, -0.2) is 0 Å². The molecule has 25 heavy (non-hydrogen) atoms. The number of anilines is 2. The topological polar surface area (TPSA) is 58.2 Å². The first-order chi connectivity index (χ1) is 11.8. The van der Waals surface area contributed by atoms with Crippen LogP contribution in [-0.2, 0) is 9.59 Å². The van der Waals surface area contributed by atoms with E-state index in [1.54, 1.807) is 12.1 Å². The van der Waals surface area contributed by atoms with Gasteiger partial charge in [0.25, 0.3) is 0 Å². The Balaban J connectivity index is 1.77. The lowest BCUT2D eigenvalue weighted by Crippen LogP contribution is -2.18. The molecule has 0 aliphatic heterocycles. The highest BCUT2D eigenvalue weighted by Crippen LogP contribution is 2.20. The van der Waals surface area contributed by atoms with Gasteiger partial charge in [0.15, 0.2) is 0 Å². The van der Waals surface area contributed by atoms with Crippen molar-refractivity contribution in [3.63, 3.8) is 0 Å². The van der Waals surface area contributed by atoms with Crippen molar-refractivity contribution in [2.45, 2.75) is 20.8 Å².